The summed E-state index contributed by atoms with van der Waals surface area (Å²) in [5.41, 5.74) is 7.13. The maximum Gasteiger partial charge on any atom is 0.307 e. The lowest BCUT2D eigenvalue weighted by atomic mass is 10.0. The van der Waals surface area contributed by atoms with Crippen LogP contribution in [0.25, 0.3) is 0 Å². The van der Waals surface area contributed by atoms with E-state index in [2.05, 4.69) is 4.74 Å². The van der Waals surface area contributed by atoms with Crippen LogP contribution in [0.15, 0.2) is 18.2 Å². The first kappa shape index (κ1) is 11.7. The van der Waals surface area contributed by atoms with Gasteiger partial charge in [0.2, 0.25) is 0 Å². The van der Waals surface area contributed by atoms with Gasteiger partial charge in [-0.25, -0.2) is 4.39 Å². The van der Waals surface area contributed by atoms with E-state index in [1.165, 1.54) is 19.2 Å². The number of nitrogens with two attached hydrogens (primary N) is 1. The fraction of sp³-hybridized carbons (Fsp3) is 0.364. The Hall–Kier alpha value is -1.42. The minimum Gasteiger partial charge on any atom is -0.469 e. The Balaban J connectivity index is 2.81. The Kier molecular flexibility index (Phi) is 3.80. The first-order chi connectivity index (χ1) is 7.02. The lowest BCUT2D eigenvalue weighted by Crippen LogP contribution is -2.16. The number of hydrogen-bond acceptors (Lipinski definition) is 3. The van der Waals surface area contributed by atoms with Gasteiger partial charge in [0.05, 0.1) is 13.5 Å². The Morgan fingerprint density at radius 1 is 1.53 bits per heavy atom. The van der Waals surface area contributed by atoms with Crippen molar-refractivity contribution in [1.29, 1.82) is 0 Å². The van der Waals surface area contributed by atoms with Gasteiger partial charge in [-0.1, -0.05) is 6.07 Å². The topological polar surface area (TPSA) is 52.3 Å². The van der Waals surface area contributed by atoms with E-state index in [1.807, 2.05) is 0 Å². The highest BCUT2D eigenvalue weighted by molar-refractivity contribution is 5.70. The van der Waals surface area contributed by atoms with Gasteiger partial charge in [-0.15, -0.1) is 0 Å². The number of carbonyl (C=O) groups excluding carboxylic acids is 1. The van der Waals surface area contributed by atoms with Crippen molar-refractivity contribution >= 4 is 5.97 Å². The molecule has 0 fully saturated rings. The summed E-state index contributed by atoms with van der Waals surface area (Å²) in [6.45, 7) is 1.78. The number of methoxy groups -OCH3 is 1. The smallest absolute Gasteiger partial charge is 0.307 e. The second-order valence-electron chi connectivity index (χ2n) is 3.45. The van der Waals surface area contributed by atoms with Crippen molar-refractivity contribution in [3.8, 4) is 0 Å². The zero-order valence-electron chi connectivity index (χ0n) is 8.79. The molecule has 1 rings (SSSR count). The minimum atomic E-state index is -0.521. The van der Waals surface area contributed by atoms with Crippen LogP contribution >= 0.6 is 0 Å². The van der Waals surface area contributed by atoms with Crippen molar-refractivity contribution in [2.24, 2.45) is 5.73 Å². The van der Waals surface area contributed by atoms with Crippen LogP contribution in [0.5, 0.6) is 0 Å². The highest BCUT2D eigenvalue weighted by Crippen LogP contribution is 2.17. The van der Waals surface area contributed by atoms with Crippen LogP contribution in [-0.4, -0.2) is 13.1 Å². The number of ether oxygens (including phenoxy) is 1. The van der Waals surface area contributed by atoms with E-state index in [0.29, 0.717) is 5.56 Å². The Labute approximate surface area is 88.0 Å². The summed E-state index contributed by atoms with van der Waals surface area (Å²) in [7, 11) is 1.30. The van der Waals surface area contributed by atoms with Gasteiger partial charge in [0.25, 0.3) is 0 Å². The van der Waals surface area contributed by atoms with Gasteiger partial charge in [-0.2, -0.15) is 0 Å². The average Bonchev–Trinajstić information content (AvgIpc) is 2.16. The van der Waals surface area contributed by atoms with Crippen molar-refractivity contribution in [3.63, 3.8) is 0 Å². The second-order valence-corrected chi connectivity index (χ2v) is 3.45. The van der Waals surface area contributed by atoms with Crippen LogP contribution < -0.4 is 5.73 Å². The molecule has 0 spiro atoms. The Morgan fingerprint density at radius 3 is 2.73 bits per heavy atom. The third kappa shape index (κ3) is 3.32. The first-order valence-corrected chi connectivity index (χ1v) is 4.62. The number of rotatable bonds is 3. The van der Waals surface area contributed by atoms with Crippen molar-refractivity contribution in [2.45, 2.75) is 19.4 Å². The van der Waals surface area contributed by atoms with Crippen molar-refractivity contribution < 1.29 is 13.9 Å². The summed E-state index contributed by atoms with van der Waals surface area (Å²) in [5.74, 6) is -0.741. The number of aryl methyl sites for hydroxylation is 1. The van der Waals surface area contributed by atoms with E-state index in [4.69, 9.17) is 5.73 Å². The molecule has 0 aliphatic heterocycles. The van der Waals surface area contributed by atoms with Crippen molar-refractivity contribution in [2.75, 3.05) is 7.11 Å². The lowest BCUT2D eigenvalue weighted by molar-refractivity contribution is -0.141. The Bertz CT molecular complexity index is 345. The van der Waals surface area contributed by atoms with Crippen LogP contribution in [0, 0.1) is 12.7 Å². The molecular formula is C11H14FNO2. The van der Waals surface area contributed by atoms with E-state index in [-0.39, 0.29) is 12.2 Å². The molecule has 1 aromatic rings. The van der Waals surface area contributed by atoms with E-state index in [0.717, 1.165) is 5.56 Å². The molecule has 0 unspecified atom stereocenters. The zero-order chi connectivity index (χ0) is 11.4. The Morgan fingerprint density at radius 2 is 2.20 bits per heavy atom. The van der Waals surface area contributed by atoms with Gasteiger partial charge in [-0.3, -0.25) is 4.79 Å². The molecule has 0 heterocycles. The highest BCUT2D eigenvalue weighted by Gasteiger charge is 2.12. The van der Waals surface area contributed by atoms with E-state index >= 15 is 0 Å². The summed E-state index contributed by atoms with van der Waals surface area (Å²) in [6, 6.07) is 3.98. The van der Waals surface area contributed by atoms with Crippen LogP contribution in [-0.2, 0) is 9.53 Å². The standard InChI is InChI=1S/C11H14FNO2/c1-7-3-8(5-9(12)4-7)10(13)6-11(14)15-2/h3-5,10H,6,13H2,1-2H3/t10-/m1/s1. The first-order valence-electron chi connectivity index (χ1n) is 4.62. The van der Waals surface area contributed by atoms with E-state index in [1.54, 1.807) is 13.0 Å². The molecule has 0 aliphatic rings. The molecule has 15 heavy (non-hydrogen) atoms. The molecule has 0 bridgehead atoms. The third-order valence-electron chi connectivity index (χ3n) is 2.11. The number of halogens is 1. The molecular weight excluding hydrogens is 197 g/mol. The molecule has 0 aliphatic carbocycles. The fourth-order valence-corrected chi connectivity index (χ4v) is 1.36. The molecule has 2 N–H and O–H groups in total. The summed E-state index contributed by atoms with van der Waals surface area (Å²) in [6.07, 6.45) is 0.0550. The number of esters is 1. The zero-order valence-corrected chi connectivity index (χ0v) is 8.79. The molecule has 1 aromatic carbocycles. The molecule has 1 atom stereocenters. The molecule has 0 saturated carbocycles. The van der Waals surface area contributed by atoms with Gasteiger partial charge in [0.1, 0.15) is 5.82 Å². The van der Waals surface area contributed by atoms with Gasteiger partial charge in [0, 0.05) is 6.04 Å². The van der Waals surface area contributed by atoms with Crippen LogP contribution in [0.1, 0.15) is 23.6 Å². The van der Waals surface area contributed by atoms with Gasteiger partial charge < -0.3 is 10.5 Å². The molecule has 0 radical (unpaired) electrons. The maximum absolute atomic E-state index is 13.0. The normalized spacial score (nSPS) is 12.3. The molecule has 3 nitrogen and oxygen atoms in total. The number of carbonyl (C=O) groups is 1. The van der Waals surface area contributed by atoms with Gasteiger partial charge in [-0.05, 0) is 30.2 Å². The molecule has 4 heteroatoms. The maximum atomic E-state index is 13.0. The van der Waals surface area contributed by atoms with Crippen LogP contribution in [0.2, 0.25) is 0 Å². The summed E-state index contributed by atoms with van der Waals surface area (Å²) in [5, 5.41) is 0. The number of hydrogen-bond donors (Lipinski definition) is 1. The lowest BCUT2D eigenvalue weighted by Gasteiger charge is -2.11. The number of benzene rings is 1. The predicted molar refractivity (Wildman–Crippen MR) is 54.7 cm³/mol. The molecule has 82 valence electrons. The molecule has 0 amide bonds. The van der Waals surface area contributed by atoms with Crippen LogP contribution in [0.4, 0.5) is 4.39 Å². The minimum absolute atomic E-state index is 0.0550. The second kappa shape index (κ2) is 4.89. The summed E-state index contributed by atoms with van der Waals surface area (Å²) in [4.78, 5) is 11.0. The van der Waals surface area contributed by atoms with Gasteiger partial charge >= 0.3 is 5.97 Å². The van der Waals surface area contributed by atoms with E-state index < -0.39 is 12.0 Å². The molecule has 0 saturated heterocycles. The average molecular weight is 211 g/mol. The SMILES string of the molecule is COC(=O)C[C@@H](N)c1cc(C)cc(F)c1. The van der Waals surface area contributed by atoms with Gasteiger partial charge in [0.15, 0.2) is 0 Å². The highest BCUT2D eigenvalue weighted by atomic mass is 19.1. The summed E-state index contributed by atoms with van der Waals surface area (Å²) < 4.78 is 17.5. The predicted octanol–water partition coefficient (Wildman–Crippen LogP) is 1.70. The van der Waals surface area contributed by atoms with Crippen molar-refractivity contribution in [1.82, 2.24) is 0 Å². The van der Waals surface area contributed by atoms with Crippen LogP contribution in [0.3, 0.4) is 0 Å². The monoisotopic (exact) mass is 211 g/mol. The van der Waals surface area contributed by atoms with Crippen molar-refractivity contribution in [3.05, 3.63) is 35.1 Å². The third-order valence-corrected chi connectivity index (χ3v) is 2.11. The summed E-state index contributed by atoms with van der Waals surface area (Å²) >= 11 is 0. The van der Waals surface area contributed by atoms with E-state index in [9.17, 15) is 9.18 Å². The quantitative estimate of drug-likeness (QED) is 0.774. The fourth-order valence-electron chi connectivity index (χ4n) is 1.36. The largest absolute Gasteiger partial charge is 0.469 e. The molecule has 0 aromatic heterocycles.